The van der Waals surface area contributed by atoms with E-state index in [0.29, 0.717) is 12.7 Å². The van der Waals surface area contributed by atoms with Crippen LogP contribution in [0.4, 0.5) is 0 Å². The molecule has 0 spiro atoms. The molecule has 7 heteroatoms. The van der Waals surface area contributed by atoms with Crippen molar-refractivity contribution in [1.29, 1.82) is 0 Å². The van der Waals surface area contributed by atoms with E-state index in [9.17, 15) is 0 Å². The molecular formula is C23H21N5O2. The first-order valence-corrected chi connectivity index (χ1v) is 10.2. The summed E-state index contributed by atoms with van der Waals surface area (Å²) < 4.78 is 12.8. The number of hydrogen-bond acceptors (Lipinski definition) is 6. The van der Waals surface area contributed by atoms with E-state index in [4.69, 9.17) is 19.6 Å². The van der Waals surface area contributed by atoms with Crippen LogP contribution in [-0.2, 0) is 6.54 Å². The summed E-state index contributed by atoms with van der Waals surface area (Å²) in [6, 6.07) is 14.3. The quantitative estimate of drug-likeness (QED) is 0.523. The van der Waals surface area contributed by atoms with Gasteiger partial charge in [0.15, 0.2) is 23.0 Å². The molecule has 0 aliphatic carbocycles. The van der Waals surface area contributed by atoms with E-state index in [1.807, 2.05) is 35.0 Å². The van der Waals surface area contributed by atoms with Crippen molar-refractivity contribution in [3.63, 3.8) is 0 Å². The van der Waals surface area contributed by atoms with Crippen molar-refractivity contribution < 1.29 is 9.47 Å². The molecule has 1 saturated heterocycles. The zero-order valence-electron chi connectivity index (χ0n) is 16.4. The number of nitrogens with zero attached hydrogens (tertiary/aromatic N) is 5. The molecule has 0 amide bonds. The van der Waals surface area contributed by atoms with Crippen molar-refractivity contribution >= 4 is 5.65 Å². The van der Waals surface area contributed by atoms with Gasteiger partial charge in [-0.1, -0.05) is 6.07 Å². The Morgan fingerprint density at radius 1 is 0.967 bits per heavy atom. The molecule has 1 fully saturated rings. The Kier molecular flexibility index (Phi) is 4.12. The summed E-state index contributed by atoms with van der Waals surface area (Å²) in [4.78, 5) is 11.3. The molecule has 1 atom stereocenters. The summed E-state index contributed by atoms with van der Waals surface area (Å²) in [5.74, 6) is 2.95. The summed E-state index contributed by atoms with van der Waals surface area (Å²) in [5, 5.41) is 4.80. The fourth-order valence-electron chi connectivity index (χ4n) is 4.27. The molecule has 5 heterocycles. The molecule has 7 nitrogen and oxygen atoms in total. The van der Waals surface area contributed by atoms with Gasteiger partial charge in [0.2, 0.25) is 6.79 Å². The lowest BCUT2D eigenvalue weighted by molar-refractivity contribution is 0.174. The molecule has 1 aromatic carbocycles. The second kappa shape index (κ2) is 7.11. The topological polar surface area (TPSA) is 64.8 Å². The smallest absolute Gasteiger partial charge is 0.231 e. The lowest BCUT2D eigenvalue weighted by atomic mass is 10.1. The maximum Gasteiger partial charge on any atom is 0.231 e. The molecule has 2 aliphatic heterocycles. The molecule has 0 bridgehead atoms. The molecular weight excluding hydrogens is 378 g/mol. The zero-order valence-corrected chi connectivity index (χ0v) is 16.4. The highest BCUT2D eigenvalue weighted by atomic mass is 16.7. The van der Waals surface area contributed by atoms with Gasteiger partial charge in [0, 0.05) is 43.2 Å². The number of ether oxygens (including phenoxy) is 2. The van der Waals surface area contributed by atoms with Gasteiger partial charge in [0.25, 0.3) is 0 Å². The number of hydrogen-bond donors (Lipinski definition) is 0. The van der Waals surface area contributed by atoms with Gasteiger partial charge in [-0.25, -0.2) is 9.50 Å². The second-order valence-electron chi connectivity index (χ2n) is 7.83. The fourth-order valence-corrected chi connectivity index (χ4v) is 4.27. The number of fused-ring (bicyclic) bond motifs is 2. The van der Waals surface area contributed by atoms with E-state index in [2.05, 4.69) is 28.1 Å². The predicted molar refractivity (Wildman–Crippen MR) is 111 cm³/mol. The van der Waals surface area contributed by atoms with E-state index >= 15 is 0 Å². The molecule has 0 N–H and O–H groups in total. The highest BCUT2D eigenvalue weighted by Gasteiger charge is 2.27. The Bertz CT molecular complexity index is 1210. The standard InChI is InChI=1S/C23H21N5O2/c1-3-20-21(30-15-29-20)11-16(1)12-27-10-7-19(13-27)23-25-22-4-2-18(14-28(22)26-23)17-5-8-24-9-6-17/h1-6,8-9,11,14,19H,7,10,12-13,15H2/t19-/m0/s1. The average molecular weight is 399 g/mol. The number of likely N-dealkylation sites (tertiary alicyclic amines) is 1. The summed E-state index contributed by atoms with van der Waals surface area (Å²) in [6.45, 7) is 3.21. The minimum Gasteiger partial charge on any atom is -0.454 e. The predicted octanol–water partition coefficient (Wildman–Crippen LogP) is 3.51. The van der Waals surface area contributed by atoms with Gasteiger partial charge in [-0.05, 0) is 60.5 Å². The van der Waals surface area contributed by atoms with Crippen molar-refractivity contribution in [1.82, 2.24) is 24.5 Å². The van der Waals surface area contributed by atoms with Crippen LogP contribution in [-0.4, -0.2) is 44.4 Å². The van der Waals surface area contributed by atoms with Gasteiger partial charge in [0.05, 0.1) is 0 Å². The van der Waals surface area contributed by atoms with E-state index in [0.717, 1.165) is 60.2 Å². The van der Waals surface area contributed by atoms with Crippen LogP contribution in [0, 0.1) is 0 Å². The largest absolute Gasteiger partial charge is 0.454 e. The Hall–Kier alpha value is -3.45. The van der Waals surface area contributed by atoms with Gasteiger partial charge < -0.3 is 9.47 Å². The van der Waals surface area contributed by atoms with Crippen LogP contribution in [0.15, 0.2) is 61.1 Å². The van der Waals surface area contributed by atoms with Crippen molar-refractivity contribution in [2.45, 2.75) is 18.9 Å². The number of benzene rings is 1. The van der Waals surface area contributed by atoms with Crippen LogP contribution in [0.25, 0.3) is 16.8 Å². The van der Waals surface area contributed by atoms with Gasteiger partial charge in [-0.15, -0.1) is 0 Å². The highest BCUT2D eigenvalue weighted by Crippen LogP contribution is 2.34. The first-order valence-electron chi connectivity index (χ1n) is 10.2. The Morgan fingerprint density at radius 2 is 1.87 bits per heavy atom. The maximum atomic E-state index is 5.50. The molecule has 6 rings (SSSR count). The van der Waals surface area contributed by atoms with Crippen LogP contribution in [0.3, 0.4) is 0 Å². The monoisotopic (exact) mass is 399 g/mol. The minimum absolute atomic E-state index is 0.313. The number of rotatable bonds is 4. The zero-order chi connectivity index (χ0) is 19.9. The molecule has 0 saturated carbocycles. The molecule has 30 heavy (non-hydrogen) atoms. The number of pyridine rings is 2. The van der Waals surface area contributed by atoms with Crippen molar-refractivity contribution in [3.05, 3.63) is 72.4 Å². The molecule has 4 aromatic rings. The van der Waals surface area contributed by atoms with Crippen LogP contribution < -0.4 is 9.47 Å². The Morgan fingerprint density at radius 3 is 2.80 bits per heavy atom. The SMILES string of the molecule is c1cc(-c2ccc3nc([C@H]4CCN(Cc5ccc6c(c5)OCO6)C4)nn3c2)ccn1. The average Bonchev–Trinajstić information content (AvgIpc) is 3.52. The summed E-state index contributed by atoms with van der Waals surface area (Å²) in [7, 11) is 0. The lowest BCUT2D eigenvalue weighted by Crippen LogP contribution is -2.20. The van der Waals surface area contributed by atoms with E-state index in [1.165, 1.54) is 5.56 Å². The van der Waals surface area contributed by atoms with Crippen LogP contribution in [0.5, 0.6) is 11.5 Å². The number of aromatic nitrogens is 4. The van der Waals surface area contributed by atoms with Gasteiger partial charge in [0.1, 0.15) is 0 Å². The molecule has 150 valence electrons. The first kappa shape index (κ1) is 17.4. The lowest BCUT2D eigenvalue weighted by Gasteiger charge is -2.15. The Balaban J connectivity index is 1.18. The van der Waals surface area contributed by atoms with Gasteiger partial charge >= 0.3 is 0 Å². The Labute approximate surface area is 173 Å². The highest BCUT2D eigenvalue weighted by molar-refractivity contribution is 5.63. The third kappa shape index (κ3) is 3.17. The van der Waals surface area contributed by atoms with Crippen molar-refractivity contribution in [2.24, 2.45) is 0 Å². The first-order chi connectivity index (χ1) is 14.8. The van der Waals surface area contributed by atoms with E-state index in [1.54, 1.807) is 12.4 Å². The molecule has 3 aromatic heterocycles. The molecule has 2 aliphatic rings. The summed E-state index contributed by atoms with van der Waals surface area (Å²) in [5.41, 5.74) is 4.36. The third-order valence-electron chi connectivity index (χ3n) is 5.84. The van der Waals surface area contributed by atoms with Gasteiger partial charge in [-0.3, -0.25) is 9.88 Å². The normalized spacial score (nSPS) is 18.3. The second-order valence-corrected chi connectivity index (χ2v) is 7.83. The summed E-state index contributed by atoms with van der Waals surface area (Å²) in [6.07, 6.45) is 6.72. The van der Waals surface area contributed by atoms with Crippen LogP contribution in [0.1, 0.15) is 23.7 Å². The fraction of sp³-hybridized carbons (Fsp3) is 0.261. The van der Waals surface area contributed by atoms with Gasteiger partial charge in [-0.2, -0.15) is 5.10 Å². The van der Waals surface area contributed by atoms with Crippen molar-refractivity contribution in [3.8, 4) is 22.6 Å². The van der Waals surface area contributed by atoms with E-state index < -0.39 is 0 Å². The minimum atomic E-state index is 0.313. The van der Waals surface area contributed by atoms with Crippen LogP contribution in [0.2, 0.25) is 0 Å². The van der Waals surface area contributed by atoms with E-state index in [-0.39, 0.29) is 0 Å². The third-order valence-corrected chi connectivity index (χ3v) is 5.84. The molecule has 0 radical (unpaired) electrons. The molecule has 0 unspecified atom stereocenters. The van der Waals surface area contributed by atoms with Crippen LogP contribution >= 0.6 is 0 Å². The maximum absolute atomic E-state index is 5.50. The van der Waals surface area contributed by atoms with Crippen molar-refractivity contribution in [2.75, 3.05) is 19.9 Å². The summed E-state index contributed by atoms with van der Waals surface area (Å²) >= 11 is 0.